The highest BCUT2D eigenvalue weighted by atomic mass is 16.2. The standard InChI is InChI=1S/C22H28N2O/c1-22(2,19-5-3-4-14(13-19)6-7-23)21(25)24-20-17-9-15-8-16(11-17)12-18(20)10-15/h3-5,13,15-18,20H,6,8-12H2,1-2H3,(H,24,25). The highest BCUT2D eigenvalue weighted by Gasteiger charge is 2.49. The third-order valence-corrected chi connectivity index (χ3v) is 7.02. The Hall–Kier alpha value is -1.82. The van der Waals surface area contributed by atoms with E-state index >= 15 is 0 Å². The predicted octanol–water partition coefficient (Wildman–Crippen LogP) is 3.97. The number of rotatable bonds is 4. The Bertz CT molecular complexity index is 687. The third-order valence-electron chi connectivity index (χ3n) is 7.02. The Morgan fingerprint density at radius 3 is 2.40 bits per heavy atom. The van der Waals surface area contributed by atoms with Gasteiger partial charge in [-0.05, 0) is 80.8 Å². The first-order chi connectivity index (χ1) is 12.0. The second-order valence-corrected chi connectivity index (χ2v) is 9.09. The molecule has 0 unspecified atom stereocenters. The van der Waals surface area contributed by atoms with E-state index in [4.69, 9.17) is 5.26 Å². The molecule has 1 amide bonds. The molecule has 4 aliphatic rings. The minimum atomic E-state index is -0.569. The number of carbonyl (C=O) groups excluding carboxylic acids is 1. The smallest absolute Gasteiger partial charge is 0.230 e. The van der Waals surface area contributed by atoms with Gasteiger partial charge in [-0.25, -0.2) is 0 Å². The topological polar surface area (TPSA) is 52.9 Å². The van der Waals surface area contributed by atoms with Gasteiger partial charge >= 0.3 is 0 Å². The summed E-state index contributed by atoms with van der Waals surface area (Å²) in [5.74, 6) is 3.37. The average Bonchev–Trinajstić information content (AvgIpc) is 2.58. The molecule has 4 saturated carbocycles. The molecule has 0 aliphatic heterocycles. The largest absolute Gasteiger partial charge is 0.352 e. The van der Waals surface area contributed by atoms with Gasteiger partial charge in [0.25, 0.3) is 0 Å². The van der Waals surface area contributed by atoms with Gasteiger partial charge in [-0.2, -0.15) is 5.26 Å². The number of hydrogen-bond donors (Lipinski definition) is 1. The normalized spacial score (nSPS) is 33.1. The lowest BCUT2D eigenvalue weighted by Gasteiger charge is -2.54. The second-order valence-electron chi connectivity index (χ2n) is 9.09. The molecule has 4 bridgehead atoms. The van der Waals surface area contributed by atoms with Crippen LogP contribution in [0.2, 0.25) is 0 Å². The van der Waals surface area contributed by atoms with E-state index in [0.29, 0.717) is 24.3 Å². The van der Waals surface area contributed by atoms with E-state index in [9.17, 15) is 4.79 Å². The lowest BCUT2D eigenvalue weighted by Crippen LogP contribution is -2.58. The van der Waals surface area contributed by atoms with Gasteiger partial charge in [-0.3, -0.25) is 4.79 Å². The molecule has 4 aliphatic carbocycles. The Kier molecular flexibility index (Phi) is 4.10. The van der Waals surface area contributed by atoms with E-state index in [2.05, 4.69) is 11.4 Å². The van der Waals surface area contributed by atoms with E-state index < -0.39 is 5.41 Å². The van der Waals surface area contributed by atoms with Crippen molar-refractivity contribution in [2.45, 2.75) is 63.8 Å². The number of nitriles is 1. The van der Waals surface area contributed by atoms with Crippen LogP contribution in [0.4, 0.5) is 0 Å². The fourth-order valence-electron chi connectivity index (χ4n) is 5.79. The molecule has 132 valence electrons. The summed E-state index contributed by atoms with van der Waals surface area (Å²) in [5, 5.41) is 12.4. The second kappa shape index (κ2) is 6.16. The number of benzene rings is 1. The molecule has 3 nitrogen and oxygen atoms in total. The summed E-state index contributed by atoms with van der Waals surface area (Å²) in [6, 6.07) is 10.5. The van der Waals surface area contributed by atoms with E-state index in [1.54, 1.807) is 0 Å². The van der Waals surface area contributed by atoms with Gasteiger partial charge in [0.05, 0.1) is 17.9 Å². The summed E-state index contributed by atoms with van der Waals surface area (Å²) in [7, 11) is 0. The van der Waals surface area contributed by atoms with Crippen molar-refractivity contribution in [2.75, 3.05) is 0 Å². The molecular formula is C22H28N2O. The predicted molar refractivity (Wildman–Crippen MR) is 97.8 cm³/mol. The zero-order valence-electron chi connectivity index (χ0n) is 15.3. The summed E-state index contributed by atoms with van der Waals surface area (Å²) >= 11 is 0. The first kappa shape index (κ1) is 16.6. The van der Waals surface area contributed by atoms with Crippen molar-refractivity contribution < 1.29 is 4.79 Å². The van der Waals surface area contributed by atoms with Gasteiger partial charge in [0.1, 0.15) is 0 Å². The molecule has 3 heteroatoms. The van der Waals surface area contributed by atoms with E-state index in [1.807, 2.05) is 38.1 Å². The van der Waals surface area contributed by atoms with Crippen molar-refractivity contribution >= 4 is 5.91 Å². The summed E-state index contributed by atoms with van der Waals surface area (Å²) in [5.41, 5.74) is 1.41. The van der Waals surface area contributed by atoms with Crippen LogP contribution in [0.5, 0.6) is 0 Å². The van der Waals surface area contributed by atoms with Crippen LogP contribution in [0.25, 0.3) is 0 Å². The van der Waals surface area contributed by atoms with Gasteiger partial charge in [-0.1, -0.05) is 24.3 Å². The number of amides is 1. The zero-order chi connectivity index (χ0) is 17.6. The fraction of sp³-hybridized carbons (Fsp3) is 0.636. The zero-order valence-corrected chi connectivity index (χ0v) is 15.3. The van der Waals surface area contributed by atoms with Crippen molar-refractivity contribution in [1.82, 2.24) is 5.32 Å². The lowest BCUT2D eigenvalue weighted by molar-refractivity contribution is -0.129. The molecular weight excluding hydrogens is 308 g/mol. The van der Waals surface area contributed by atoms with Crippen LogP contribution < -0.4 is 5.32 Å². The summed E-state index contributed by atoms with van der Waals surface area (Å²) in [4.78, 5) is 13.2. The first-order valence-electron chi connectivity index (χ1n) is 9.74. The maximum absolute atomic E-state index is 13.2. The maximum Gasteiger partial charge on any atom is 0.230 e. The molecule has 25 heavy (non-hydrogen) atoms. The van der Waals surface area contributed by atoms with Gasteiger partial charge in [-0.15, -0.1) is 0 Å². The third kappa shape index (κ3) is 2.97. The summed E-state index contributed by atoms with van der Waals surface area (Å²) in [6.45, 7) is 4.01. The van der Waals surface area contributed by atoms with Gasteiger partial charge in [0.15, 0.2) is 0 Å². The molecule has 0 heterocycles. The molecule has 5 rings (SSSR count). The monoisotopic (exact) mass is 336 g/mol. The Labute approximate surface area is 150 Å². The fourth-order valence-corrected chi connectivity index (χ4v) is 5.79. The van der Waals surface area contributed by atoms with Crippen LogP contribution in [-0.4, -0.2) is 11.9 Å². The Morgan fingerprint density at radius 2 is 1.80 bits per heavy atom. The van der Waals surface area contributed by atoms with Crippen LogP contribution in [-0.2, 0) is 16.6 Å². The molecule has 0 spiro atoms. The Balaban J connectivity index is 1.50. The van der Waals surface area contributed by atoms with Crippen molar-refractivity contribution in [1.29, 1.82) is 5.26 Å². The molecule has 4 fully saturated rings. The molecule has 1 aromatic rings. The minimum absolute atomic E-state index is 0.138. The molecule has 0 radical (unpaired) electrons. The highest BCUT2D eigenvalue weighted by Crippen LogP contribution is 2.53. The minimum Gasteiger partial charge on any atom is -0.352 e. The van der Waals surface area contributed by atoms with Crippen LogP contribution in [0.15, 0.2) is 24.3 Å². The number of hydrogen-bond acceptors (Lipinski definition) is 2. The SMILES string of the molecule is CC(C)(C(=O)NC1C2CC3CC(C2)CC1C3)c1cccc(CC#N)c1. The van der Waals surface area contributed by atoms with E-state index in [1.165, 1.54) is 32.1 Å². The van der Waals surface area contributed by atoms with Crippen LogP contribution in [0.3, 0.4) is 0 Å². The Morgan fingerprint density at radius 1 is 1.16 bits per heavy atom. The molecule has 1 aromatic carbocycles. The maximum atomic E-state index is 13.2. The van der Waals surface area contributed by atoms with Crippen LogP contribution in [0.1, 0.15) is 57.1 Å². The molecule has 1 N–H and O–H groups in total. The van der Waals surface area contributed by atoms with Crippen LogP contribution in [0, 0.1) is 35.0 Å². The number of nitrogens with one attached hydrogen (secondary N) is 1. The van der Waals surface area contributed by atoms with Crippen molar-refractivity contribution in [3.63, 3.8) is 0 Å². The van der Waals surface area contributed by atoms with Crippen molar-refractivity contribution in [2.24, 2.45) is 23.7 Å². The molecule has 0 aromatic heterocycles. The summed E-state index contributed by atoms with van der Waals surface area (Å²) in [6.07, 6.45) is 7.09. The summed E-state index contributed by atoms with van der Waals surface area (Å²) < 4.78 is 0. The highest BCUT2D eigenvalue weighted by molar-refractivity contribution is 5.87. The van der Waals surface area contributed by atoms with E-state index in [0.717, 1.165) is 23.0 Å². The number of nitrogens with zero attached hydrogens (tertiary/aromatic N) is 1. The van der Waals surface area contributed by atoms with Crippen LogP contribution >= 0.6 is 0 Å². The molecule has 0 saturated heterocycles. The van der Waals surface area contributed by atoms with Gasteiger partial charge < -0.3 is 5.32 Å². The van der Waals surface area contributed by atoms with E-state index in [-0.39, 0.29) is 5.91 Å². The first-order valence-corrected chi connectivity index (χ1v) is 9.74. The number of carbonyl (C=O) groups is 1. The lowest BCUT2D eigenvalue weighted by atomic mass is 9.54. The van der Waals surface area contributed by atoms with Gasteiger partial charge in [0.2, 0.25) is 5.91 Å². The van der Waals surface area contributed by atoms with Gasteiger partial charge in [0, 0.05) is 6.04 Å². The van der Waals surface area contributed by atoms with Crippen molar-refractivity contribution in [3.05, 3.63) is 35.4 Å². The van der Waals surface area contributed by atoms with Crippen molar-refractivity contribution in [3.8, 4) is 6.07 Å². The molecule has 0 atom stereocenters. The average molecular weight is 336 g/mol. The quantitative estimate of drug-likeness (QED) is 0.904.